The number of benzene rings is 1. The van der Waals surface area contributed by atoms with Crippen molar-refractivity contribution in [2.75, 3.05) is 51.9 Å². The normalized spacial score (nSPS) is 16.7. The van der Waals surface area contributed by atoms with Gasteiger partial charge in [-0.05, 0) is 18.2 Å². The highest BCUT2D eigenvalue weighted by Crippen LogP contribution is 2.24. The number of ether oxygens (including phenoxy) is 2. The average molecular weight is 403 g/mol. The third kappa shape index (κ3) is 4.28. The lowest BCUT2D eigenvalue weighted by Gasteiger charge is -2.27. The Morgan fingerprint density at radius 1 is 1.24 bits per heavy atom. The second kappa shape index (κ2) is 8.84. The number of carbonyl (C=O) groups excluding carboxylic acids is 4. The van der Waals surface area contributed by atoms with Crippen molar-refractivity contribution in [3.8, 4) is 0 Å². The first-order valence-corrected chi connectivity index (χ1v) is 9.01. The van der Waals surface area contributed by atoms with E-state index >= 15 is 0 Å². The molecular formula is C19H21N3O7. The van der Waals surface area contributed by atoms with E-state index in [0.717, 1.165) is 11.0 Å². The number of imide groups is 1. The van der Waals surface area contributed by atoms with Crippen molar-refractivity contribution in [3.05, 3.63) is 41.1 Å². The van der Waals surface area contributed by atoms with Crippen LogP contribution < -0.4 is 5.32 Å². The van der Waals surface area contributed by atoms with Crippen LogP contribution in [0.5, 0.6) is 0 Å². The minimum atomic E-state index is -0.664. The van der Waals surface area contributed by atoms with Gasteiger partial charge in [-0.2, -0.15) is 0 Å². The number of amides is 3. The Morgan fingerprint density at radius 2 is 1.97 bits per heavy atom. The summed E-state index contributed by atoms with van der Waals surface area (Å²) >= 11 is 0. The highest BCUT2D eigenvalue weighted by atomic mass is 16.5. The Hall–Kier alpha value is -3.24. The number of rotatable bonds is 6. The summed E-state index contributed by atoms with van der Waals surface area (Å²) in [4.78, 5) is 51.7. The summed E-state index contributed by atoms with van der Waals surface area (Å²) in [6, 6.07) is 4.37. The molecule has 0 atom stereocenters. The first kappa shape index (κ1) is 20.5. The van der Waals surface area contributed by atoms with Crippen LogP contribution in [0, 0.1) is 0 Å². The Labute approximate surface area is 166 Å². The second-order valence-corrected chi connectivity index (χ2v) is 6.36. The molecule has 3 amide bonds. The zero-order valence-corrected chi connectivity index (χ0v) is 15.8. The second-order valence-electron chi connectivity index (χ2n) is 6.36. The monoisotopic (exact) mass is 403 g/mol. The molecule has 3 rings (SSSR count). The van der Waals surface area contributed by atoms with Crippen LogP contribution in [0.2, 0.25) is 0 Å². The van der Waals surface area contributed by atoms with Crippen molar-refractivity contribution >= 4 is 29.4 Å². The van der Waals surface area contributed by atoms with Gasteiger partial charge in [0.1, 0.15) is 5.70 Å². The van der Waals surface area contributed by atoms with Crippen LogP contribution in [-0.2, 0) is 19.1 Å². The number of nitrogens with zero attached hydrogens (tertiary/aromatic N) is 2. The number of aliphatic hydroxyl groups is 1. The highest BCUT2D eigenvalue weighted by molar-refractivity contribution is 6.18. The van der Waals surface area contributed by atoms with Crippen LogP contribution in [0.3, 0.4) is 0 Å². The van der Waals surface area contributed by atoms with Gasteiger partial charge in [-0.15, -0.1) is 0 Å². The molecule has 0 unspecified atom stereocenters. The quantitative estimate of drug-likeness (QED) is 0.486. The largest absolute Gasteiger partial charge is 0.465 e. The van der Waals surface area contributed by atoms with E-state index in [1.165, 1.54) is 25.3 Å². The molecule has 29 heavy (non-hydrogen) atoms. The molecule has 2 N–H and O–H groups in total. The third-order valence-corrected chi connectivity index (χ3v) is 4.57. The van der Waals surface area contributed by atoms with E-state index in [1.54, 1.807) is 4.90 Å². The maximum absolute atomic E-state index is 12.7. The average Bonchev–Trinajstić information content (AvgIpc) is 3.01. The summed E-state index contributed by atoms with van der Waals surface area (Å²) in [5, 5.41) is 11.8. The molecule has 2 aliphatic heterocycles. The lowest BCUT2D eigenvalue weighted by atomic mass is 10.1. The highest BCUT2D eigenvalue weighted by Gasteiger charge is 2.31. The zero-order chi connectivity index (χ0) is 21.0. The van der Waals surface area contributed by atoms with Gasteiger partial charge in [0.15, 0.2) is 0 Å². The summed E-state index contributed by atoms with van der Waals surface area (Å²) in [5.41, 5.74) is 0.512. The molecule has 1 saturated heterocycles. The maximum atomic E-state index is 12.7. The molecule has 154 valence electrons. The lowest BCUT2D eigenvalue weighted by Crippen LogP contribution is -2.40. The summed E-state index contributed by atoms with van der Waals surface area (Å²) in [6.45, 7) is 1.29. The van der Waals surface area contributed by atoms with Crippen LogP contribution in [0.1, 0.15) is 20.7 Å². The van der Waals surface area contributed by atoms with Gasteiger partial charge in [-0.25, -0.2) is 4.79 Å². The molecular weight excluding hydrogens is 382 g/mol. The molecule has 1 fully saturated rings. The summed E-state index contributed by atoms with van der Waals surface area (Å²) < 4.78 is 10.0. The fourth-order valence-corrected chi connectivity index (χ4v) is 3.07. The Kier molecular flexibility index (Phi) is 6.25. The number of aliphatic hydroxyl groups excluding tert-OH is 1. The number of β-amino-alcohol motifs (C(OH)–C–C–N with tert-alkyl or cyclic N) is 1. The van der Waals surface area contributed by atoms with Gasteiger partial charge in [0.25, 0.3) is 17.7 Å². The minimum absolute atomic E-state index is 0.0652. The van der Waals surface area contributed by atoms with Gasteiger partial charge in [0.05, 0.1) is 44.7 Å². The van der Waals surface area contributed by atoms with Crippen molar-refractivity contribution in [3.63, 3.8) is 0 Å². The van der Waals surface area contributed by atoms with E-state index in [0.29, 0.717) is 31.9 Å². The molecule has 0 aromatic heterocycles. The van der Waals surface area contributed by atoms with E-state index in [1.807, 2.05) is 0 Å². The van der Waals surface area contributed by atoms with Crippen LogP contribution in [-0.4, -0.2) is 85.2 Å². The number of hydrogen-bond acceptors (Lipinski definition) is 8. The van der Waals surface area contributed by atoms with Crippen LogP contribution >= 0.6 is 0 Å². The smallest absolute Gasteiger partial charge is 0.339 e. The fourth-order valence-electron chi connectivity index (χ4n) is 3.07. The van der Waals surface area contributed by atoms with Gasteiger partial charge < -0.3 is 24.8 Å². The van der Waals surface area contributed by atoms with Gasteiger partial charge >= 0.3 is 5.97 Å². The van der Waals surface area contributed by atoms with Crippen molar-refractivity contribution < 1.29 is 33.8 Å². The lowest BCUT2D eigenvalue weighted by molar-refractivity contribution is -0.137. The number of methoxy groups -OCH3 is 1. The topological polar surface area (TPSA) is 125 Å². The van der Waals surface area contributed by atoms with Gasteiger partial charge in [-0.3, -0.25) is 19.3 Å². The van der Waals surface area contributed by atoms with Crippen LogP contribution in [0.4, 0.5) is 5.69 Å². The van der Waals surface area contributed by atoms with E-state index < -0.39 is 17.8 Å². The van der Waals surface area contributed by atoms with Crippen molar-refractivity contribution in [1.29, 1.82) is 0 Å². The number of carbonyl (C=O) groups is 4. The number of morpholine rings is 1. The molecule has 0 saturated carbocycles. The molecule has 1 aromatic carbocycles. The molecule has 2 aliphatic rings. The number of esters is 1. The van der Waals surface area contributed by atoms with E-state index in [9.17, 15) is 19.2 Å². The zero-order valence-electron chi connectivity index (χ0n) is 15.8. The minimum Gasteiger partial charge on any atom is -0.465 e. The summed E-state index contributed by atoms with van der Waals surface area (Å²) in [6.07, 6.45) is 1.08. The molecule has 2 heterocycles. The molecule has 1 aromatic rings. The van der Waals surface area contributed by atoms with Crippen LogP contribution in [0.15, 0.2) is 30.0 Å². The van der Waals surface area contributed by atoms with Gasteiger partial charge in [0, 0.05) is 24.7 Å². The third-order valence-electron chi connectivity index (χ3n) is 4.57. The van der Waals surface area contributed by atoms with Gasteiger partial charge in [0.2, 0.25) is 0 Å². The molecule has 10 nitrogen and oxygen atoms in total. The van der Waals surface area contributed by atoms with Crippen molar-refractivity contribution in [2.24, 2.45) is 0 Å². The van der Waals surface area contributed by atoms with E-state index in [4.69, 9.17) is 14.6 Å². The Balaban J connectivity index is 1.90. The van der Waals surface area contributed by atoms with Crippen LogP contribution in [0.25, 0.3) is 0 Å². The Morgan fingerprint density at radius 3 is 2.62 bits per heavy atom. The number of hydrogen-bond donors (Lipinski definition) is 2. The SMILES string of the molecule is COC(=O)c1ccc(C(=O)N2CCOCC2)cc1NC1=CC(=O)N(CCO)C1=O. The predicted molar refractivity (Wildman–Crippen MR) is 100 cm³/mol. The molecule has 0 aliphatic carbocycles. The predicted octanol–water partition coefficient (Wildman–Crippen LogP) is -0.397. The summed E-state index contributed by atoms with van der Waals surface area (Å²) in [5.74, 6) is -2.11. The molecule has 0 spiro atoms. The molecule has 0 bridgehead atoms. The van der Waals surface area contributed by atoms with Gasteiger partial charge in [-0.1, -0.05) is 0 Å². The standard InChI is InChI=1S/C19H21N3O7/c1-28-19(27)13-3-2-12(17(25)21-5-8-29-9-6-21)10-14(13)20-15-11-16(24)22(4-7-23)18(15)26/h2-3,10-11,20,23H,4-9H2,1H3. The molecule has 0 radical (unpaired) electrons. The summed E-state index contributed by atoms with van der Waals surface area (Å²) in [7, 11) is 1.21. The van der Waals surface area contributed by atoms with E-state index in [-0.39, 0.29) is 36.0 Å². The van der Waals surface area contributed by atoms with Crippen molar-refractivity contribution in [1.82, 2.24) is 9.80 Å². The Bertz CT molecular complexity index is 875. The first-order chi connectivity index (χ1) is 14.0. The maximum Gasteiger partial charge on any atom is 0.339 e. The number of nitrogens with one attached hydrogen (secondary N) is 1. The van der Waals surface area contributed by atoms with Crippen molar-refractivity contribution in [2.45, 2.75) is 0 Å². The fraction of sp³-hybridized carbons (Fsp3) is 0.368. The first-order valence-electron chi connectivity index (χ1n) is 9.01. The molecule has 10 heteroatoms. The van der Waals surface area contributed by atoms with E-state index in [2.05, 4.69) is 5.32 Å². The number of anilines is 1.